The molecule has 0 fully saturated rings. The molecule has 1 N–H and O–H groups in total. The number of carbonyl (C=O) groups excluding carboxylic acids is 2. The van der Waals surface area contributed by atoms with Crippen molar-refractivity contribution in [3.05, 3.63) is 71.3 Å². The summed E-state index contributed by atoms with van der Waals surface area (Å²) in [6.45, 7) is 8.40. The van der Waals surface area contributed by atoms with E-state index >= 15 is 0 Å². The maximum absolute atomic E-state index is 12.3. The second-order valence-corrected chi connectivity index (χ2v) is 6.53. The Hall–Kier alpha value is -4.57. The van der Waals surface area contributed by atoms with E-state index in [0.717, 1.165) is 10.6 Å². The molecule has 0 aliphatic carbocycles. The molecule has 31 heavy (non-hydrogen) atoms. The number of carbonyl (C=O) groups is 2. The van der Waals surface area contributed by atoms with Gasteiger partial charge in [-0.15, -0.1) is 0 Å². The Morgan fingerprint density at radius 1 is 1.42 bits per heavy atom. The Kier molecular flexibility index (Phi) is 6.66. The number of pyridine rings is 1. The van der Waals surface area contributed by atoms with Gasteiger partial charge in [-0.1, -0.05) is 25.6 Å². The number of rotatable bonds is 6. The predicted octanol–water partition coefficient (Wildman–Crippen LogP) is 2.64. The summed E-state index contributed by atoms with van der Waals surface area (Å²) in [5.41, 5.74) is 4.96. The van der Waals surface area contributed by atoms with Gasteiger partial charge in [-0.2, -0.15) is 10.1 Å². The van der Waals surface area contributed by atoms with Crippen LogP contribution in [0.4, 0.5) is 5.69 Å². The maximum atomic E-state index is 12.3. The van der Waals surface area contributed by atoms with Crippen LogP contribution in [0.5, 0.6) is 0 Å². The van der Waals surface area contributed by atoms with E-state index in [1.807, 2.05) is 6.92 Å². The molecule has 2 heterocycles. The summed E-state index contributed by atoms with van der Waals surface area (Å²) in [5, 5.41) is 17.9. The van der Waals surface area contributed by atoms with Crippen LogP contribution in [0.2, 0.25) is 0 Å². The van der Waals surface area contributed by atoms with E-state index in [2.05, 4.69) is 25.5 Å². The predicted molar refractivity (Wildman–Crippen MR) is 111 cm³/mol. The molecule has 0 spiro atoms. The highest BCUT2D eigenvalue weighted by Gasteiger charge is 2.28. The number of hydrogen-bond acceptors (Lipinski definition) is 8. The second-order valence-electron chi connectivity index (χ2n) is 6.53. The third-order valence-corrected chi connectivity index (χ3v) is 4.36. The van der Waals surface area contributed by atoms with Gasteiger partial charge in [0.15, 0.2) is 6.73 Å². The Bertz CT molecular complexity index is 1100. The van der Waals surface area contributed by atoms with Crippen molar-refractivity contribution >= 4 is 29.1 Å². The van der Waals surface area contributed by atoms with Crippen LogP contribution in [0.15, 0.2) is 59.0 Å². The molecule has 0 saturated heterocycles. The minimum Gasteiger partial charge on any atom is -0.439 e. The first-order valence-electron chi connectivity index (χ1n) is 9.19. The summed E-state index contributed by atoms with van der Waals surface area (Å²) >= 11 is 0. The molecule has 3 rings (SSSR count). The van der Waals surface area contributed by atoms with E-state index < -0.39 is 5.97 Å². The topological polar surface area (TPSA) is 124 Å². The molecular weight excluding hydrogens is 398 g/mol. The summed E-state index contributed by atoms with van der Waals surface area (Å²) in [6.07, 6.45) is 3.15. The number of nitrogens with zero attached hydrogens (tertiary/aromatic N) is 6. The highest BCUT2D eigenvalue weighted by atomic mass is 16.5. The number of nitrogens with one attached hydrogen (secondary N) is 1. The molecule has 1 aromatic carbocycles. The lowest BCUT2D eigenvalue weighted by Crippen LogP contribution is -2.38. The van der Waals surface area contributed by atoms with E-state index in [0.29, 0.717) is 11.4 Å². The molecule has 0 unspecified atom stereocenters. The summed E-state index contributed by atoms with van der Waals surface area (Å²) in [6, 6.07) is 11.9. The first-order chi connectivity index (χ1) is 15.0. The van der Waals surface area contributed by atoms with E-state index in [-0.39, 0.29) is 36.4 Å². The van der Waals surface area contributed by atoms with Crippen LogP contribution in [-0.4, -0.2) is 40.1 Å². The SMILES string of the molecule is [C-]#[N+]/C(C#N)=N/Nc1ccc(C2=NN(COC(=O)c3cccnc3)C(=O)C[C@H]2C)cc1. The van der Waals surface area contributed by atoms with E-state index in [9.17, 15) is 9.59 Å². The minimum absolute atomic E-state index is 0.123. The lowest BCUT2D eigenvalue weighted by molar-refractivity contribution is -0.136. The summed E-state index contributed by atoms with van der Waals surface area (Å²) in [4.78, 5) is 31.3. The fourth-order valence-corrected chi connectivity index (χ4v) is 2.79. The minimum atomic E-state index is -0.594. The summed E-state index contributed by atoms with van der Waals surface area (Å²) < 4.78 is 5.20. The van der Waals surface area contributed by atoms with E-state index in [4.69, 9.17) is 16.6 Å². The van der Waals surface area contributed by atoms with Crippen LogP contribution in [0.25, 0.3) is 4.85 Å². The smallest absolute Gasteiger partial charge is 0.371 e. The zero-order valence-electron chi connectivity index (χ0n) is 16.5. The van der Waals surface area contributed by atoms with E-state index in [1.54, 1.807) is 48.7 Å². The standard InChI is InChI=1S/C21H17N7O3/c1-14-10-19(29)28(13-31-21(30)16-4-3-9-24-12-16)27-20(14)15-5-7-17(8-6-15)25-26-18(11-22)23-2/h3-9,12,14,25H,10,13H2,1H3/b26-18+/t14-/m1/s1. The molecule has 154 valence electrons. The molecule has 1 aromatic heterocycles. The summed E-state index contributed by atoms with van der Waals surface area (Å²) in [7, 11) is 0. The van der Waals surface area contributed by atoms with Crippen molar-refractivity contribution in [3.8, 4) is 6.07 Å². The monoisotopic (exact) mass is 415 g/mol. The Morgan fingerprint density at radius 3 is 2.84 bits per heavy atom. The number of nitriles is 1. The van der Waals surface area contributed by atoms with Crippen molar-refractivity contribution in [3.63, 3.8) is 0 Å². The first-order valence-corrected chi connectivity index (χ1v) is 9.19. The van der Waals surface area contributed by atoms with Gasteiger partial charge in [-0.05, 0) is 34.9 Å². The number of esters is 1. The Morgan fingerprint density at radius 2 is 2.19 bits per heavy atom. The van der Waals surface area contributed by atoms with Gasteiger partial charge in [0.1, 0.15) is 6.07 Å². The van der Waals surface area contributed by atoms with Gasteiger partial charge < -0.3 is 9.58 Å². The van der Waals surface area contributed by atoms with Crippen molar-refractivity contribution < 1.29 is 14.3 Å². The van der Waals surface area contributed by atoms with Gasteiger partial charge in [0.05, 0.1) is 17.0 Å². The number of hydrazone groups is 2. The molecule has 1 amide bonds. The number of hydrogen-bond donors (Lipinski definition) is 1. The van der Waals surface area contributed by atoms with Crippen LogP contribution in [0.1, 0.15) is 29.3 Å². The molecule has 2 aromatic rings. The molecule has 10 heteroatoms. The molecular formula is C21H17N7O3. The number of aromatic nitrogens is 1. The maximum Gasteiger partial charge on any atom is 0.371 e. The average Bonchev–Trinajstić information content (AvgIpc) is 2.80. The zero-order valence-corrected chi connectivity index (χ0v) is 16.5. The molecule has 1 atom stereocenters. The Balaban J connectivity index is 1.71. The second kappa shape index (κ2) is 9.76. The molecule has 1 aliphatic heterocycles. The van der Waals surface area contributed by atoms with Crippen LogP contribution >= 0.6 is 0 Å². The van der Waals surface area contributed by atoms with Gasteiger partial charge in [0.2, 0.25) is 5.91 Å². The van der Waals surface area contributed by atoms with Crippen molar-refractivity contribution in [1.29, 1.82) is 5.26 Å². The highest BCUT2D eigenvalue weighted by Crippen LogP contribution is 2.22. The largest absolute Gasteiger partial charge is 0.439 e. The number of anilines is 1. The third-order valence-electron chi connectivity index (χ3n) is 4.36. The zero-order chi connectivity index (χ0) is 22.2. The van der Waals surface area contributed by atoms with Crippen molar-refractivity contribution in [2.45, 2.75) is 13.3 Å². The first kappa shape index (κ1) is 21.1. The van der Waals surface area contributed by atoms with Crippen molar-refractivity contribution in [2.24, 2.45) is 16.1 Å². The van der Waals surface area contributed by atoms with Gasteiger partial charge in [0, 0.05) is 24.7 Å². The molecule has 0 bridgehead atoms. The fraction of sp³-hybridized carbons (Fsp3) is 0.190. The van der Waals surface area contributed by atoms with Crippen LogP contribution in [-0.2, 0) is 9.53 Å². The number of amidine groups is 1. The molecule has 1 aliphatic rings. The lowest BCUT2D eigenvalue weighted by Gasteiger charge is -2.27. The third kappa shape index (κ3) is 5.28. The van der Waals surface area contributed by atoms with E-state index in [1.165, 1.54) is 6.20 Å². The Labute approximate surface area is 178 Å². The van der Waals surface area contributed by atoms with Gasteiger partial charge >= 0.3 is 11.8 Å². The number of benzene rings is 1. The lowest BCUT2D eigenvalue weighted by atomic mass is 9.94. The van der Waals surface area contributed by atoms with Gasteiger partial charge in [0.25, 0.3) is 0 Å². The number of ether oxygens (including phenoxy) is 1. The quantitative estimate of drug-likeness (QED) is 0.254. The van der Waals surface area contributed by atoms with Crippen molar-refractivity contribution in [1.82, 2.24) is 9.99 Å². The number of amides is 1. The normalized spacial score (nSPS) is 16.0. The van der Waals surface area contributed by atoms with Gasteiger partial charge in [-0.3, -0.25) is 9.78 Å². The van der Waals surface area contributed by atoms with Crippen LogP contribution in [0.3, 0.4) is 0 Å². The average molecular weight is 415 g/mol. The van der Waals surface area contributed by atoms with Crippen molar-refractivity contribution in [2.75, 3.05) is 12.2 Å². The molecule has 0 saturated carbocycles. The van der Waals surface area contributed by atoms with Gasteiger partial charge in [-0.25, -0.2) is 15.5 Å². The van der Waals surface area contributed by atoms with Crippen LogP contribution < -0.4 is 5.43 Å². The fourth-order valence-electron chi connectivity index (χ4n) is 2.79. The molecule has 10 nitrogen and oxygen atoms in total. The summed E-state index contributed by atoms with van der Waals surface area (Å²) in [5.74, 6) is -1.26. The van der Waals surface area contributed by atoms with Crippen LogP contribution in [0, 0.1) is 23.8 Å². The highest BCUT2D eigenvalue weighted by molar-refractivity contribution is 6.06. The molecule has 0 radical (unpaired) electrons.